The maximum Gasteiger partial charge on any atom is 0.140 e. The van der Waals surface area contributed by atoms with Gasteiger partial charge in [-0.3, -0.25) is 0 Å². The molecule has 1 radical (unpaired) electrons. The molecule has 1 aromatic rings. The van der Waals surface area contributed by atoms with Gasteiger partial charge in [-0.15, -0.1) is 6.42 Å². The first kappa shape index (κ1) is 9.63. The molecule has 0 aromatic heterocycles. The lowest BCUT2D eigenvalue weighted by Crippen LogP contribution is -1.98. The fraction of sp³-hybridized carbons (Fsp3) is 0.182. The van der Waals surface area contributed by atoms with Gasteiger partial charge in [0.2, 0.25) is 0 Å². The Morgan fingerprint density at radius 1 is 1.62 bits per heavy atom. The monoisotopic (exact) mass is 175 g/mol. The van der Waals surface area contributed by atoms with Crippen LogP contribution in [0.15, 0.2) is 18.2 Å². The Hall–Kier alpha value is -1.46. The average Bonchev–Trinajstić information content (AvgIpc) is 2.18. The Morgan fingerprint density at radius 3 is 2.92 bits per heavy atom. The largest absolute Gasteiger partial charge is 0.492 e. The Kier molecular flexibility index (Phi) is 3.36. The number of aliphatic hydroxyl groups excluding tert-OH is 1. The summed E-state index contributed by atoms with van der Waals surface area (Å²) in [5.74, 6) is 3.06. The highest BCUT2D eigenvalue weighted by atomic mass is 16.5. The van der Waals surface area contributed by atoms with Crippen molar-refractivity contribution in [2.75, 3.05) is 6.61 Å². The van der Waals surface area contributed by atoms with Crippen molar-refractivity contribution in [3.63, 3.8) is 0 Å². The molecule has 0 atom stereocenters. The van der Waals surface area contributed by atoms with Crippen molar-refractivity contribution >= 4 is 0 Å². The van der Waals surface area contributed by atoms with Gasteiger partial charge < -0.3 is 9.84 Å². The zero-order valence-corrected chi connectivity index (χ0v) is 7.45. The van der Waals surface area contributed by atoms with Gasteiger partial charge in [-0.1, -0.05) is 18.1 Å². The van der Waals surface area contributed by atoms with E-state index in [1.54, 1.807) is 18.2 Å². The number of ether oxygens (including phenoxy) is 1. The summed E-state index contributed by atoms with van der Waals surface area (Å²) in [6.07, 6.45) is 5.28. The van der Waals surface area contributed by atoms with E-state index in [1.165, 1.54) is 0 Å². The van der Waals surface area contributed by atoms with Crippen LogP contribution in [0, 0.1) is 19.0 Å². The van der Waals surface area contributed by atoms with Crippen molar-refractivity contribution in [2.45, 2.75) is 6.92 Å². The van der Waals surface area contributed by atoms with E-state index in [0.29, 0.717) is 23.5 Å². The van der Waals surface area contributed by atoms with Gasteiger partial charge in [0, 0.05) is 5.56 Å². The van der Waals surface area contributed by atoms with E-state index < -0.39 is 0 Å². The lowest BCUT2D eigenvalue weighted by Gasteiger charge is -2.09. The lowest BCUT2D eigenvalue weighted by molar-refractivity contribution is 0.329. The average molecular weight is 175 g/mol. The van der Waals surface area contributed by atoms with Crippen LogP contribution in [0.4, 0.5) is 0 Å². The first-order valence-electron chi connectivity index (χ1n) is 4.03. The fourth-order valence-corrected chi connectivity index (χ4v) is 1.08. The number of benzene rings is 1. The second kappa shape index (κ2) is 4.54. The fourth-order valence-electron chi connectivity index (χ4n) is 1.08. The molecule has 1 N–H and O–H groups in total. The van der Waals surface area contributed by atoms with Crippen LogP contribution in [-0.2, 0) is 0 Å². The van der Waals surface area contributed by atoms with Crippen LogP contribution < -0.4 is 4.74 Å². The van der Waals surface area contributed by atoms with Crippen LogP contribution in [0.3, 0.4) is 0 Å². The standard InChI is InChI=1S/C11H11O2/c1-3-9-6-5-7-10(8-12)11(9)13-4-2/h1,5-8,12H,4H2,2H3. The molecule has 0 heterocycles. The van der Waals surface area contributed by atoms with Crippen molar-refractivity contribution in [3.05, 3.63) is 35.9 Å². The summed E-state index contributed by atoms with van der Waals surface area (Å²) < 4.78 is 5.32. The minimum Gasteiger partial charge on any atom is -0.492 e. The molecule has 67 valence electrons. The third-order valence-electron chi connectivity index (χ3n) is 1.63. The van der Waals surface area contributed by atoms with Crippen LogP contribution in [0.2, 0.25) is 0 Å². The molecule has 0 aliphatic carbocycles. The topological polar surface area (TPSA) is 29.5 Å². The number of terminal acetylenes is 1. The van der Waals surface area contributed by atoms with Crippen LogP contribution in [0.25, 0.3) is 0 Å². The molecule has 0 spiro atoms. The van der Waals surface area contributed by atoms with Gasteiger partial charge in [0.1, 0.15) is 12.4 Å². The molecule has 0 saturated heterocycles. The Balaban J connectivity index is 3.15. The maximum atomic E-state index is 8.89. The molecule has 0 aliphatic heterocycles. The van der Waals surface area contributed by atoms with Gasteiger partial charge in [0.15, 0.2) is 0 Å². The highest BCUT2D eigenvalue weighted by Crippen LogP contribution is 2.23. The summed E-state index contributed by atoms with van der Waals surface area (Å²) in [4.78, 5) is 0. The quantitative estimate of drug-likeness (QED) is 0.711. The minimum absolute atomic E-state index is 0.527. The molecule has 0 aliphatic rings. The van der Waals surface area contributed by atoms with E-state index >= 15 is 0 Å². The van der Waals surface area contributed by atoms with Crippen molar-refractivity contribution in [3.8, 4) is 18.1 Å². The third kappa shape index (κ3) is 2.01. The van der Waals surface area contributed by atoms with Gasteiger partial charge in [-0.05, 0) is 13.0 Å². The van der Waals surface area contributed by atoms with Crippen molar-refractivity contribution in [2.24, 2.45) is 0 Å². The first-order chi connectivity index (χ1) is 6.33. The molecule has 13 heavy (non-hydrogen) atoms. The number of aliphatic hydroxyl groups is 1. The molecule has 0 saturated carbocycles. The Labute approximate surface area is 78.2 Å². The molecule has 0 amide bonds. The second-order valence-corrected chi connectivity index (χ2v) is 2.43. The van der Waals surface area contributed by atoms with Crippen LogP contribution >= 0.6 is 0 Å². The van der Waals surface area contributed by atoms with Crippen LogP contribution in [-0.4, -0.2) is 11.7 Å². The number of rotatable bonds is 3. The zero-order valence-electron chi connectivity index (χ0n) is 7.45. The van der Waals surface area contributed by atoms with E-state index in [4.69, 9.17) is 16.3 Å². The van der Waals surface area contributed by atoms with Gasteiger partial charge in [0.05, 0.1) is 12.2 Å². The number of hydrogen-bond acceptors (Lipinski definition) is 2. The molecule has 0 unspecified atom stereocenters. The summed E-state index contributed by atoms with van der Waals surface area (Å²) in [6.45, 7) is 3.39. The van der Waals surface area contributed by atoms with Crippen LogP contribution in [0.1, 0.15) is 18.1 Å². The summed E-state index contributed by atoms with van der Waals surface area (Å²) >= 11 is 0. The third-order valence-corrected chi connectivity index (χ3v) is 1.63. The van der Waals surface area contributed by atoms with Gasteiger partial charge in [0.25, 0.3) is 0 Å². The highest BCUT2D eigenvalue weighted by Gasteiger charge is 2.06. The lowest BCUT2D eigenvalue weighted by atomic mass is 10.1. The number of hydrogen-bond donors (Lipinski definition) is 1. The van der Waals surface area contributed by atoms with Crippen LogP contribution in [0.5, 0.6) is 5.75 Å². The van der Waals surface area contributed by atoms with E-state index in [1.807, 2.05) is 6.92 Å². The predicted octanol–water partition coefficient (Wildman–Crippen LogP) is 1.95. The molecular weight excluding hydrogens is 164 g/mol. The van der Waals surface area contributed by atoms with E-state index in [-0.39, 0.29) is 0 Å². The SMILES string of the molecule is C#Cc1cccc([CH]O)c1OCC. The van der Waals surface area contributed by atoms with E-state index in [9.17, 15) is 0 Å². The molecule has 2 heteroatoms. The molecule has 2 nitrogen and oxygen atoms in total. The molecule has 0 fully saturated rings. The van der Waals surface area contributed by atoms with Crippen molar-refractivity contribution in [1.82, 2.24) is 0 Å². The summed E-state index contributed by atoms with van der Waals surface area (Å²) in [5, 5.41) is 8.89. The first-order valence-corrected chi connectivity index (χ1v) is 4.03. The van der Waals surface area contributed by atoms with E-state index in [0.717, 1.165) is 6.61 Å². The molecule has 0 bridgehead atoms. The Bertz CT molecular complexity index is 323. The van der Waals surface area contributed by atoms with Gasteiger partial charge in [-0.25, -0.2) is 0 Å². The second-order valence-electron chi connectivity index (χ2n) is 2.43. The molecule has 1 aromatic carbocycles. The zero-order chi connectivity index (χ0) is 9.68. The predicted molar refractivity (Wildman–Crippen MR) is 50.9 cm³/mol. The highest BCUT2D eigenvalue weighted by molar-refractivity contribution is 5.51. The van der Waals surface area contributed by atoms with Crippen molar-refractivity contribution < 1.29 is 9.84 Å². The van der Waals surface area contributed by atoms with Crippen molar-refractivity contribution in [1.29, 1.82) is 0 Å². The minimum atomic E-state index is 0.527. The number of para-hydroxylation sites is 1. The summed E-state index contributed by atoms with van der Waals surface area (Å²) in [5.41, 5.74) is 1.27. The maximum absolute atomic E-state index is 8.89. The molecular formula is C11H11O2. The summed E-state index contributed by atoms with van der Waals surface area (Å²) in [6, 6.07) is 5.30. The molecule has 1 rings (SSSR count). The normalized spacial score (nSPS) is 9.31. The summed E-state index contributed by atoms with van der Waals surface area (Å²) in [7, 11) is 0. The van der Waals surface area contributed by atoms with Gasteiger partial charge >= 0.3 is 0 Å². The van der Waals surface area contributed by atoms with E-state index in [2.05, 4.69) is 5.92 Å². The Morgan fingerprint density at radius 2 is 2.38 bits per heavy atom. The van der Waals surface area contributed by atoms with Gasteiger partial charge in [-0.2, -0.15) is 0 Å². The smallest absolute Gasteiger partial charge is 0.140 e.